The van der Waals surface area contributed by atoms with Gasteiger partial charge in [0.1, 0.15) is 0 Å². The molecule has 60 valence electrons. The quantitative estimate of drug-likeness (QED) is 0.422. The minimum absolute atomic E-state index is 0. The highest BCUT2D eigenvalue weighted by atomic mass is 127. The van der Waals surface area contributed by atoms with Crippen LogP contribution >= 0.6 is 0 Å². The Kier molecular flexibility index (Phi) is 7.60. The average molecular weight is 254 g/mol. The molecule has 0 saturated carbocycles. The minimum atomic E-state index is 0. The van der Waals surface area contributed by atoms with Crippen LogP contribution in [0.25, 0.3) is 0 Å². The van der Waals surface area contributed by atoms with E-state index in [1.807, 2.05) is 0 Å². The first-order valence-electron chi connectivity index (χ1n) is 3.31. The molecule has 0 rings (SSSR count). The van der Waals surface area contributed by atoms with Gasteiger partial charge in [-0.25, -0.2) is 0 Å². The summed E-state index contributed by atoms with van der Waals surface area (Å²) in [5.74, 6) is 0. The second-order valence-corrected chi connectivity index (χ2v) is 2.88. The SMILES string of the molecule is CC[N+](C)(C)CCC#N.[I-]. The number of nitrogens with zero attached hydrogens (tertiary/aromatic N) is 2. The van der Waals surface area contributed by atoms with Crippen molar-refractivity contribution in [2.24, 2.45) is 0 Å². The van der Waals surface area contributed by atoms with Gasteiger partial charge in [0.2, 0.25) is 0 Å². The summed E-state index contributed by atoms with van der Waals surface area (Å²) in [5, 5.41) is 8.27. The summed E-state index contributed by atoms with van der Waals surface area (Å²) >= 11 is 0. The van der Waals surface area contributed by atoms with E-state index < -0.39 is 0 Å². The fraction of sp³-hybridized carbons (Fsp3) is 0.857. The first-order chi connectivity index (χ1) is 4.12. The highest BCUT2D eigenvalue weighted by Gasteiger charge is 2.09. The van der Waals surface area contributed by atoms with E-state index in [4.69, 9.17) is 5.26 Å². The highest BCUT2D eigenvalue weighted by Crippen LogP contribution is 1.96. The lowest BCUT2D eigenvalue weighted by Gasteiger charge is -2.26. The Hall–Kier alpha value is 0.180. The Morgan fingerprint density at radius 1 is 1.40 bits per heavy atom. The largest absolute Gasteiger partial charge is 1.00 e. The molecular formula is C7H15IN2. The molecule has 0 spiro atoms. The van der Waals surface area contributed by atoms with Gasteiger partial charge in [-0.05, 0) is 6.92 Å². The molecule has 0 bridgehead atoms. The smallest absolute Gasteiger partial charge is 0.0914 e. The summed E-state index contributed by atoms with van der Waals surface area (Å²) < 4.78 is 0.952. The van der Waals surface area contributed by atoms with E-state index in [0.29, 0.717) is 6.42 Å². The van der Waals surface area contributed by atoms with Gasteiger partial charge in [-0.15, -0.1) is 0 Å². The molecule has 0 unspecified atom stereocenters. The van der Waals surface area contributed by atoms with Crippen molar-refractivity contribution in [3.05, 3.63) is 0 Å². The summed E-state index contributed by atoms with van der Waals surface area (Å²) in [5.41, 5.74) is 0. The molecule has 0 aromatic heterocycles. The van der Waals surface area contributed by atoms with Crippen molar-refractivity contribution in [3.63, 3.8) is 0 Å². The molecule has 0 aromatic rings. The van der Waals surface area contributed by atoms with E-state index in [1.165, 1.54) is 0 Å². The molecule has 0 saturated heterocycles. The van der Waals surface area contributed by atoms with Gasteiger partial charge in [-0.2, -0.15) is 5.26 Å². The molecule has 0 aliphatic heterocycles. The molecule has 0 aliphatic carbocycles. The summed E-state index contributed by atoms with van der Waals surface area (Å²) in [6.45, 7) is 4.20. The third-order valence-electron chi connectivity index (χ3n) is 1.68. The number of rotatable bonds is 3. The standard InChI is InChI=1S/C7H15N2.HI/c1-4-9(2,3)7-5-6-8;/h4-5,7H2,1-3H3;1H/q+1;/p-1. The monoisotopic (exact) mass is 254 g/mol. The van der Waals surface area contributed by atoms with Crippen LogP contribution in [-0.4, -0.2) is 31.7 Å². The number of halogens is 1. The number of quaternary nitrogens is 1. The van der Waals surface area contributed by atoms with Crippen molar-refractivity contribution in [2.45, 2.75) is 13.3 Å². The minimum Gasteiger partial charge on any atom is -1.00 e. The molecule has 0 amide bonds. The maximum absolute atomic E-state index is 8.27. The molecule has 0 heterocycles. The summed E-state index contributed by atoms with van der Waals surface area (Å²) in [4.78, 5) is 0. The second-order valence-electron chi connectivity index (χ2n) is 2.88. The van der Waals surface area contributed by atoms with E-state index in [2.05, 4.69) is 27.1 Å². The molecular weight excluding hydrogens is 239 g/mol. The van der Waals surface area contributed by atoms with E-state index in [0.717, 1.165) is 17.6 Å². The molecule has 10 heavy (non-hydrogen) atoms. The summed E-state index contributed by atoms with van der Waals surface area (Å²) in [6.07, 6.45) is 0.668. The molecule has 3 heteroatoms. The van der Waals surface area contributed by atoms with Gasteiger partial charge in [-0.1, -0.05) is 0 Å². The second kappa shape index (κ2) is 5.93. The normalized spacial score (nSPS) is 9.80. The zero-order valence-corrected chi connectivity index (χ0v) is 9.05. The third-order valence-corrected chi connectivity index (χ3v) is 1.68. The van der Waals surface area contributed by atoms with Crippen molar-refractivity contribution in [1.82, 2.24) is 0 Å². The maximum atomic E-state index is 8.27. The van der Waals surface area contributed by atoms with Gasteiger partial charge >= 0.3 is 0 Å². The Bertz CT molecular complexity index is 115. The van der Waals surface area contributed by atoms with Crippen molar-refractivity contribution < 1.29 is 28.5 Å². The lowest BCUT2D eigenvalue weighted by atomic mass is 10.4. The van der Waals surface area contributed by atoms with Crippen LogP contribution in [0.15, 0.2) is 0 Å². The predicted molar refractivity (Wildman–Crippen MR) is 37.7 cm³/mol. The highest BCUT2D eigenvalue weighted by molar-refractivity contribution is 4.67. The fourth-order valence-electron chi connectivity index (χ4n) is 0.511. The van der Waals surface area contributed by atoms with Gasteiger partial charge in [0, 0.05) is 0 Å². The lowest BCUT2D eigenvalue weighted by Crippen LogP contribution is -3.00. The Morgan fingerprint density at radius 3 is 2.20 bits per heavy atom. The zero-order chi connectivity index (χ0) is 7.33. The summed E-state index contributed by atoms with van der Waals surface area (Å²) in [6, 6.07) is 2.14. The number of hydrogen-bond donors (Lipinski definition) is 0. The van der Waals surface area contributed by atoms with Crippen molar-refractivity contribution in [1.29, 1.82) is 5.26 Å². The lowest BCUT2D eigenvalue weighted by molar-refractivity contribution is -0.888. The molecule has 2 nitrogen and oxygen atoms in total. The Labute approximate surface area is 80.4 Å². The van der Waals surface area contributed by atoms with Crippen molar-refractivity contribution in [3.8, 4) is 6.07 Å². The van der Waals surface area contributed by atoms with Crippen molar-refractivity contribution in [2.75, 3.05) is 27.2 Å². The summed E-state index contributed by atoms with van der Waals surface area (Å²) in [7, 11) is 4.27. The molecule has 0 atom stereocenters. The number of nitriles is 1. The van der Waals surface area contributed by atoms with E-state index in [-0.39, 0.29) is 24.0 Å². The fourth-order valence-corrected chi connectivity index (χ4v) is 0.511. The van der Waals surface area contributed by atoms with Crippen LogP contribution in [0.5, 0.6) is 0 Å². The number of hydrogen-bond acceptors (Lipinski definition) is 1. The topological polar surface area (TPSA) is 23.8 Å². The first kappa shape index (κ1) is 12.8. The van der Waals surface area contributed by atoms with Crippen LogP contribution in [0.3, 0.4) is 0 Å². The van der Waals surface area contributed by atoms with Crippen LogP contribution in [0.2, 0.25) is 0 Å². The van der Waals surface area contributed by atoms with E-state index in [9.17, 15) is 0 Å². The van der Waals surface area contributed by atoms with Crippen LogP contribution in [0.1, 0.15) is 13.3 Å². The van der Waals surface area contributed by atoms with E-state index >= 15 is 0 Å². The molecule has 0 radical (unpaired) electrons. The van der Waals surface area contributed by atoms with Crippen LogP contribution in [0.4, 0.5) is 0 Å². The van der Waals surface area contributed by atoms with Gasteiger partial charge in [0.25, 0.3) is 0 Å². The predicted octanol–water partition coefficient (Wildman–Crippen LogP) is -2.00. The molecule has 0 aliphatic rings. The average Bonchev–Trinajstić information content (AvgIpc) is 1.84. The van der Waals surface area contributed by atoms with Crippen LogP contribution in [-0.2, 0) is 0 Å². The molecule has 0 fully saturated rings. The van der Waals surface area contributed by atoms with Crippen LogP contribution in [0, 0.1) is 11.3 Å². The Morgan fingerprint density at radius 2 is 1.90 bits per heavy atom. The third kappa shape index (κ3) is 6.30. The van der Waals surface area contributed by atoms with Crippen LogP contribution < -0.4 is 24.0 Å². The van der Waals surface area contributed by atoms with Gasteiger partial charge in [0.05, 0.1) is 39.7 Å². The molecule has 0 aromatic carbocycles. The van der Waals surface area contributed by atoms with Gasteiger partial charge in [0.15, 0.2) is 0 Å². The Balaban J connectivity index is 0. The first-order valence-corrected chi connectivity index (χ1v) is 3.31. The van der Waals surface area contributed by atoms with E-state index in [1.54, 1.807) is 0 Å². The van der Waals surface area contributed by atoms with Gasteiger partial charge < -0.3 is 28.5 Å². The molecule has 0 N–H and O–H groups in total. The zero-order valence-electron chi connectivity index (χ0n) is 6.89. The van der Waals surface area contributed by atoms with Gasteiger partial charge in [-0.3, -0.25) is 0 Å². The maximum Gasteiger partial charge on any atom is 0.0914 e. The van der Waals surface area contributed by atoms with Crippen molar-refractivity contribution >= 4 is 0 Å².